The van der Waals surface area contributed by atoms with Crippen LogP contribution in [0.4, 0.5) is 11.4 Å². The van der Waals surface area contributed by atoms with Gasteiger partial charge in [0, 0.05) is 25.4 Å². The number of carbonyl (C=O) groups is 1. The molecule has 116 valence electrons. The lowest BCUT2D eigenvalue weighted by Gasteiger charge is -2.12. The van der Waals surface area contributed by atoms with Crippen LogP contribution in [0.1, 0.15) is 24.2 Å². The van der Waals surface area contributed by atoms with E-state index in [0.29, 0.717) is 24.3 Å². The van der Waals surface area contributed by atoms with Crippen molar-refractivity contribution in [2.75, 3.05) is 11.9 Å². The van der Waals surface area contributed by atoms with Gasteiger partial charge in [-0.3, -0.25) is 14.9 Å². The first kappa shape index (κ1) is 15.5. The van der Waals surface area contributed by atoms with Crippen LogP contribution in [-0.4, -0.2) is 27.1 Å². The molecule has 22 heavy (non-hydrogen) atoms. The quantitative estimate of drug-likeness (QED) is 0.645. The highest BCUT2D eigenvalue weighted by atomic mass is 16.6. The van der Waals surface area contributed by atoms with Gasteiger partial charge in [0.25, 0.3) is 5.69 Å². The van der Waals surface area contributed by atoms with Crippen molar-refractivity contribution in [1.29, 1.82) is 0 Å². The molecule has 0 saturated heterocycles. The summed E-state index contributed by atoms with van der Waals surface area (Å²) in [5, 5.41) is 23.2. The molecule has 2 aromatic rings. The molecule has 8 nitrogen and oxygen atoms in total. The molecule has 1 heterocycles. The first-order chi connectivity index (χ1) is 10.4. The Morgan fingerprint density at radius 1 is 1.41 bits per heavy atom. The normalized spacial score (nSPS) is 10.6. The highest BCUT2D eigenvalue weighted by molar-refractivity contribution is 5.95. The number of aromatic nitrogens is 1. The zero-order valence-corrected chi connectivity index (χ0v) is 12.1. The molecule has 0 unspecified atom stereocenters. The van der Waals surface area contributed by atoms with Gasteiger partial charge in [-0.1, -0.05) is 0 Å². The van der Waals surface area contributed by atoms with E-state index in [1.165, 1.54) is 12.3 Å². The summed E-state index contributed by atoms with van der Waals surface area (Å²) in [6.07, 6.45) is 1.26. The highest BCUT2D eigenvalue weighted by Gasteiger charge is 2.20. The fourth-order valence-corrected chi connectivity index (χ4v) is 2.32. The molecule has 0 aliphatic carbocycles. The van der Waals surface area contributed by atoms with E-state index in [1.807, 2.05) is 0 Å². The Morgan fingerprint density at radius 3 is 2.59 bits per heavy atom. The first-order valence-electron chi connectivity index (χ1n) is 6.73. The summed E-state index contributed by atoms with van der Waals surface area (Å²) in [5.74, 6) is -1.35. The van der Waals surface area contributed by atoms with E-state index in [9.17, 15) is 19.7 Å². The maximum Gasteiger partial charge on any atom is 0.341 e. The van der Waals surface area contributed by atoms with E-state index >= 15 is 0 Å². The Balaban J connectivity index is 2.93. The molecule has 0 radical (unpaired) electrons. The molecule has 0 bridgehead atoms. The van der Waals surface area contributed by atoms with Gasteiger partial charge in [-0.05, 0) is 19.9 Å². The Bertz CT molecular complexity index is 825. The molecule has 2 rings (SSSR count). The number of aryl methyl sites for hydroxylation is 1. The third kappa shape index (κ3) is 2.50. The van der Waals surface area contributed by atoms with Gasteiger partial charge in [-0.15, -0.1) is 0 Å². The van der Waals surface area contributed by atoms with Crippen molar-refractivity contribution in [3.63, 3.8) is 0 Å². The van der Waals surface area contributed by atoms with Crippen molar-refractivity contribution in [3.8, 4) is 0 Å². The number of fused-ring (bicyclic) bond motifs is 1. The van der Waals surface area contributed by atoms with E-state index in [1.54, 1.807) is 18.4 Å². The average molecular weight is 305 g/mol. The summed E-state index contributed by atoms with van der Waals surface area (Å²) in [6.45, 7) is 4.51. The lowest BCUT2D eigenvalue weighted by molar-refractivity contribution is -0.383. The molecule has 1 aromatic heterocycles. The number of nitrogens with zero attached hydrogens (tertiary/aromatic N) is 2. The smallest absolute Gasteiger partial charge is 0.341 e. The van der Waals surface area contributed by atoms with Gasteiger partial charge >= 0.3 is 5.97 Å². The van der Waals surface area contributed by atoms with Gasteiger partial charge in [0.1, 0.15) is 11.3 Å². The van der Waals surface area contributed by atoms with Crippen LogP contribution in [0.3, 0.4) is 0 Å². The topological polar surface area (TPSA) is 114 Å². The number of aromatic carboxylic acids is 1. The van der Waals surface area contributed by atoms with Gasteiger partial charge < -0.3 is 15.0 Å². The van der Waals surface area contributed by atoms with Crippen LogP contribution < -0.4 is 10.7 Å². The number of hydrogen-bond acceptors (Lipinski definition) is 5. The van der Waals surface area contributed by atoms with Crippen LogP contribution in [0.15, 0.2) is 23.1 Å². The minimum atomic E-state index is -1.35. The third-order valence-corrected chi connectivity index (χ3v) is 3.33. The number of nitro benzene ring substituents is 1. The number of anilines is 1. The first-order valence-corrected chi connectivity index (χ1v) is 6.73. The average Bonchev–Trinajstić information content (AvgIpc) is 2.47. The van der Waals surface area contributed by atoms with E-state index < -0.39 is 21.9 Å². The van der Waals surface area contributed by atoms with Gasteiger partial charge in [0.05, 0.1) is 15.8 Å². The fourth-order valence-electron chi connectivity index (χ4n) is 2.32. The second-order valence-electron chi connectivity index (χ2n) is 4.64. The molecule has 0 aliphatic rings. The second kappa shape index (κ2) is 5.84. The Hall–Kier alpha value is -2.90. The maximum atomic E-state index is 12.2. The molecule has 0 aliphatic heterocycles. The number of benzene rings is 1. The van der Waals surface area contributed by atoms with Crippen LogP contribution in [0.2, 0.25) is 0 Å². The summed E-state index contributed by atoms with van der Waals surface area (Å²) in [7, 11) is 0. The maximum absolute atomic E-state index is 12.2. The summed E-state index contributed by atoms with van der Waals surface area (Å²) in [5.41, 5.74) is -0.626. The van der Waals surface area contributed by atoms with Crippen molar-refractivity contribution in [2.45, 2.75) is 20.4 Å². The third-order valence-electron chi connectivity index (χ3n) is 3.33. The van der Waals surface area contributed by atoms with Gasteiger partial charge in [0.15, 0.2) is 0 Å². The lowest BCUT2D eigenvalue weighted by Crippen LogP contribution is -2.19. The van der Waals surface area contributed by atoms with Crippen LogP contribution >= 0.6 is 0 Å². The second-order valence-corrected chi connectivity index (χ2v) is 4.64. The van der Waals surface area contributed by atoms with Crippen LogP contribution in [0.5, 0.6) is 0 Å². The standard InChI is InChI=1S/C14H15N3O5/c1-3-15-10-6-11-8(5-12(10)17(21)22)13(18)9(14(19)20)7-16(11)4-2/h5-7,15H,3-4H2,1-2H3,(H,19,20). The largest absolute Gasteiger partial charge is 0.477 e. The van der Waals surface area contributed by atoms with Crippen molar-refractivity contribution < 1.29 is 14.8 Å². The summed E-state index contributed by atoms with van der Waals surface area (Å²) in [4.78, 5) is 34.0. The zero-order chi connectivity index (χ0) is 16.4. The number of nitro groups is 1. The predicted molar refractivity (Wildman–Crippen MR) is 81.7 cm³/mol. The number of carboxylic acids is 1. The van der Waals surface area contributed by atoms with Crippen molar-refractivity contribution in [3.05, 3.63) is 44.2 Å². The fraction of sp³-hybridized carbons (Fsp3) is 0.286. The number of nitrogens with one attached hydrogen (secondary N) is 1. The molecule has 0 saturated carbocycles. The summed E-state index contributed by atoms with van der Waals surface area (Å²) in [6, 6.07) is 2.64. The molecular weight excluding hydrogens is 290 g/mol. The SMILES string of the molecule is CCNc1cc2c(cc1[N+](=O)[O-])c(=O)c(C(=O)O)cn2CC. The van der Waals surface area contributed by atoms with Crippen molar-refractivity contribution in [1.82, 2.24) is 4.57 Å². The van der Waals surface area contributed by atoms with Gasteiger partial charge in [-0.2, -0.15) is 0 Å². The van der Waals surface area contributed by atoms with Crippen LogP contribution in [0, 0.1) is 10.1 Å². The van der Waals surface area contributed by atoms with E-state index in [4.69, 9.17) is 5.11 Å². The number of hydrogen-bond donors (Lipinski definition) is 2. The van der Waals surface area contributed by atoms with Crippen molar-refractivity contribution in [2.24, 2.45) is 0 Å². The zero-order valence-electron chi connectivity index (χ0n) is 12.1. The molecule has 8 heteroatoms. The van der Waals surface area contributed by atoms with E-state index in [-0.39, 0.29) is 11.1 Å². The Morgan fingerprint density at radius 2 is 2.09 bits per heavy atom. The number of pyridine rings is 1. The number of carboxylic acid groups (broad SMARTS) is 1. The van der Waals surface area contributed by atoms with E-state index in [2.05, 4.69) is 5.32 Å². The molecular formula is C14H15N3O5. The molecule has 0 fully saturated rings. The van der Waals surface area contributed by atoms with Crippen LogP contribution in [-0.2, 0) is 6.54 Å². The number of rotatable bonds is 5. The predicted octanol–water partition coefficient (Wildman–Crippen LogP) is 2.06. The molecule has 2 N–H and O–H groups in total. The molecule has 0 atom stereocenters. The van der Waals surface area contributed by atoms with Gasteiger partial charge in [0.2, 0.25) is 5.43 Å². The minimum absolute atomic E-state index is 0.0232. The lowest BCUT2D eigenvalue weighted by atomic mass is 10.1. The summed E-state index contributed by atoms with van der Waals surface area (Å²) < 4.78 is 1.59. The molecule has 0 spiro atoms. The minimum Gasteiger partial charge on any atom is -0.477 e. The van der Waals surface area contributed by atoms with Gasteiger partial charge in [-0.25, -0.2) is 4.79 Å². The molecule has 1 aromatic carbocycles. The highest BCUT2D eigenvalue weighted by Crippen LogP contribution is 2.29. The summed E-state index contributed by atoms with van der Waals surface area (Å²) >= 11 is 0. The van der Waals surface area contributed by atoms with E-state index in [0.717, 1.165) is 6.07 Å². The molecule has 0 amide bonds. The monoisotopic (exact) mass is 305 g/mol. The van der Waals surface area contributed by atoms with Crippen LogP contribution in [0.25, 0.3) is 10.9 Å². The van der Waals surface area contributed by atoms with Crippen molar-refractivity contribution >= 4 is 28.2 Å². The Labute approximate surface area is 125 Å². The Kier molecular flexibility index (Phi) is 4.11.